The minimum Gasteiger partial charge on any atom is -0.497 e. The second-order valence-corrected chi connectivity index (χ2v) is 8.35. The van der Waals surface area contributed by atoms with Gasteiger partial charge in [0.2, 0.25) is 0 Å². The summed E-state index contributed by atoms with van der Waals surface area (Å²) in [4.78, 5) is 0.361. The predicted molar refractivity (Wildman–Crippen MR) is 102 cm³/mol. The van der Waals surface area contributed by atoms with Gasteiger partial charge in [0, 0.05) is 12.3 Å². The minimum absolute atomic E-state index is 0.361. The molecule has 0 bridgehead atoms. The average Bonchev–Trinajstić information content (AvgIpc) is 2.57. The van der Waals surface area contributed by atoms with Gasteiger partial charge in [0.1, 0.15) is 5.75 Å². The van der Waals surface area contributed by atoms with Gasteiger partial charge in [-0.05, 0) is 61.6 Å². The van der Waals surface area contributed by atoms with Crippen molar-refractivity contribution in [3.63, 3.8) is 0 Å². The van der Waals surface area contributed by atoms with Gasteiger partial charge >= 0.3 is 0 Å². The molecule has 0 aliphatic heterocycles. The molecule has 2 aromatic carbocycles. The van der Waals surface area contributed by atoms with Crippen LogP contribution in [0.15, 0.2) is 47.4 Å². The molecule has 0 aromatic heterocycles. The van der Waals surface area contributed by atoms with Gasteiger partial charge in [0.25, 0.3) is 10.0 Å². The van der Waals surface area contributed by atoms with Crippen molar-refractivity contribution in [3.8, 4) is 5.75 Å². The molecule has 2 rings (SSSR count). The Morgan fingerprint density at radius 2 is 1.75 bits per heavy atom. The maximum Gasteiger partial charge on any atom is 0.264 e. The zero-order valence-corrected chi connectivity index (χ0v) is 16.1. The smallest absolute Gasteiger partial charge is 0.264 e. The van der Waals surface area contributed by atoms with Gasteiger partial charge in [0.15, 0.2) is 0 Å². The van der Waals surface area contributed by atoms with Crippen molar-refractivity contribution in [2.75, 3.05) is 30.0 Å². The molecule has 0 aliphatic carbocycles. The lowest BCUT2D eigenvalue weighted by Gasteiger charge is -2.25. The topological polar surface area (TPSA) is 46.6 Å². The third-order valence-electron chi connectivity index (χ3n) is 3.77. The molecule has 6 heteroatoms. The van der Waals surface area contributed by atoms with Crippen molar-refractivity contribution in [1.29, 1.82) is 0 Å². The maximum absolute atomic E-state index is 13.3. The van der Waals surface area contributed by atoms with Crippen LogP contribution in [-0.2, 0) is 10.0 Å². The van der Waals surface area contributed by atoms with Crippen molar-refractivity contribution >= 4 is 27.5 Å². The van der Waals surface area contributed by atoms with E-state index >= 15 is 0 Å². The van der Waals surface area contributed by atoms with Gasteiger partial charge in [-0.3, -0.25) is 4.31 Å². The lowest BCUT2D eigenvalue weighted by atomic mass is 10.2. The summed E-state index contributed by atoms with van der Waals surface area (Å²) in [6.45, 7) is 4.15. The largest absolute Gasteiger partial charge is 0.497 e. The lowest BCUT2D eigenvalue weighted by Crippen LogP contribution is -2.33. The first-order valence-corrected chi connectivity index (χ1v) is 10.5. The second-order valence-electron chi connectivity index (χ2n) is 5.54. The molecule has 0 aliphatic rings. The van der Waals surface area contributed by atoms with Crippen LogP contribution in [0.25, 0.3) is 0 Å². The molecule has 4 nitrogen and oxygen atoms in total. The Morgan fingerprint density at radius 1 is 1.08 bits per heavy atom. The SMILES string of the molecule is COc1ccc(N(CCSC)S(=O)(=O)c2cc(C)ccc2C)cc1. The van der Waals surface area contributed by atoms with E-state index in [1.54, 1.807) is 49.2 Å². The summed E-state index contributed by atoms with van der Waals surface area (Å²) in [5.41, 5.74) is 2.33. The summed E-state index contributed by atoms with van der Waals surface area (Å²) in [5, 5.41) is 0. The van der Waals surface area contributed by atoms with Crippen LogP contribution in [0.2, 0.25) is 0 Å². The standard InChI is InChI=1S/C18H23NO3S2/c1-14-5-6-15(2)18(13-14)24(20,21)19(11-12-23-4)16-7-9-17(22-3)10-8-16/h5-10,13H,11-12H2,1-4H3. The summed E-state index contributed by atoms with van der Waals surface area (Å²) in [6, 6.07) is 12.6. The number of benzene rings is 2. The molecule has 0 spiro atoms. The van der Waals surface area contributed by atoms with Crippen LogP contribution in [0, 0.1) is 13.8 Å². The van der Waals surface area contributed by atoms with Crippen LogP contribution in [0.1, 0.15) is 11.1 Å². The molecule has 0 N–H and O–H groups in total. The Labute approximate surface area is 148 Å². The summed E-state index contributed by atoms with van der Waals surface area (Å²) >= 11 is 1.62. The highest BCUT2D eigenvalue weighted by Crippen LogP contribution is 2.28. The molecular formula is C18H23NO3S2. The van der Waals surface area contributed by atoms with E-state index in [0.29, 0.717) is 22.9 Å². The van der Waals surface area contributed by atoms with E-state index in [1.165, 1.54) is 4.31 Å². The highest BCUT2D eigenvalue weighted by Gasteiger charge is 2.26. The number of hydrogen-bond acceptors (Lipinski definition) is 4. The fourth-order valence-electron chi connectivity index (χ4n) is 2.41. The zero-order valence-electron chi connectivity index (χ0n) is 14.4. The summed E-state index contributed by atoms with van der Waals surface area (Å²) in [6.07, 6.45) is 1.97. The van der Waals surface area contributed by atoms with E-state index in [2.05, 4.69) is 0 Å². The average molecular weight is 366 g/mol. The Morgan fingerprint density at radius 3 is 2.33 bits per heavy atom. The number of hydrogen-bond donors (Lipinski definition) is 0. The Kier molecular flexibility index (Phi) is 6.18. The lowest BCUT2D eigenvalue weighted by molar-refractivity contribution is 0.415. The number of sulfonamides is 1. The molecule has 2 aromatic rings. The number of nitrogens with zero attached hydrogens (tertiary/aromatic N) is 1. The quantitative estimate of drug-likeness (QED) is 0.747. The molecule has 0 fully saturated rings. The molecule has 130 valence electrons. The normalized spacial score (nSPS) is 11.3. The van der Waals surface area contributed by atoms with Crippen molar-refractivity contribution in [3.05, 3.63) is 53.6 Å². The minimum atomic E-state index is -3.62. The van der Waals surface area contributed by atoms with Crippen LogP contribution in [0.4, 0.5) is 5.69 Å². The summed E-state index contributed by atoms with van der Waals surface area (Å²) in [7, 11) is -2.03. The monoisotopic (exact) mass is 365 g/mol. The van der Waals surface area contributed by atoms with Crippen molar-refractivity contribution < 1.29 is 13.2 Å². The number of aryl methyl sites for hydroxylation is 2. The Balaban J connectivity index is 2.50. The molecule has 0 heterocycles. The molecule has 24 heavy (non-hydrogen) atoms. The van der Waals surface area contributed by atoms with Gasteiger partial charge in [-0.25, -0.2) is 8.42 Å². The van der Waals surface area contributed by atoms with Crippen LogP contribution in [-0.4, -0.2) is 34.1 Å². The number of anilines is 1. The van der Waals surface area contributed by atoms with E-state index in [0.717, 1.165) is 16.9 Å². The van der Waals surface area contributed by atoms with E-state index in [9.17, 15) is 8.42 Å². The van der Waals surface area contributed by atoms with Crippen molar-refractivity contribution in [2.45, 2.75) is 18.7 Å². The first-order valence-electron chi connectivity index (χ1n) is 7.63. The first kappa shape index (κ1) is 18.7. The van der Waals surface area contributed by atoms with E-state index < -0.39 is 10.0 Å². The molecule has 0 saturated heterocycles. The number of thioether (sulfide) groups is 1. The van der Waals surface area contributed by atoms with Crippen molar-refractivity contribution in [2.24, 2.45) is 0 Å². The third-order valence-corrected chi connectivity index (χ3v) is 6.33. The molecule has 0 unspecified atom stereocenters. The molecule has 0 atom stereocenters. The van der Waals surface area contributed by atoms with Gasteiger partial charge in [-0.1, -0.05) is 12.1 Å². The molecular weight excluding hydrogens is 342 g/mol. The molecule has 0 radical (unpaired) electrons. The van der Waals surface area contributed by atoms with Crippen molar-refractivity contribution in [1.82, 2.24) is 0 Å². The number of methoxy groups -OCH3 is 1. The van der Waals surface area contributed by atoms with Crippen LogP contribution >= 0.6 is 11.8 Å². The predicted octanol–water partition coefficient (Wildman–Crippen LogP) is 3.87. The second kappa shape index (κ2) is 7.94. The highest BCUT2D eigenvalue weighted by molar-refractivity contribution is 7.98. The Bertz CT molecular complexity index is 786. The van der Waals surface area contributed by atoms with Gasteiger partial charge < -0.3 is 4.74 Å². The highest BCUT2D eigenvalue weighted by atomic mass is 32.2. The maximum atomic E-state index is 13.3. The van der Waals surface area contributed by atoms with E-state index in [1.807, 2.05) is 32.2 Å². The molecule has 0 amide bonds. The van der Waals surface area contributed by atoms with Gasteiger partial charge in [0.05, 0.1) is 17.7 Å². The summed E-state index contributed by atoms with van der Waals surface area (Å²) < 4.78 is 33.1. The van der Waals surface area contributed by atoms with Gasteiger partial charge in [-0.2, -0.15) is 11.8 Å². The zero-order chi connectivity index (χ0) is 17.7. The first-order chi connectivity index (χ1) is 11.4. The number of rotatable bonds is 7. The summed E-state index contributed by atoms with van der Waals surface area (Å²) in [5.74, 6) is 1.42. The number of ether oxygens (including phenoxy) is 1. The third kappa shape index (κ3) is 4.05. The van der Waals surface area contributed by atoms with Crippen LogP contribution in [0.5, 0.6) is 5.75 Å². The Hall–Kier alpha value is -1.66. The fourth-order valence-corrected chi connectivity index (χ4v) is 4.67. The van der Waals surface area contributed by atoms with Crippen LogP contribution < -0.4 is 9.04 Å². The molecule has 0 saturated carbocycles. The van der Waals surface area contributed by atoms with Gasteiger partial charge in [-0.15, -0.1) is 0 Å². The fraction of sp³-hybridized carbons (Fsp3) is 0.333. The van der Waals surface area contributed by atoms with Crippen LogP contribution in [0.3, 0.4) is 0 Å². The van der Waals surface area contributed by atoms with E-state index in [4.69, 9.17) is 4.74 Å². The van der Waals surface area contributed by atoms with E-state index in [-0.39, 0.29) is 0 Å².